The van der Waals surface area contributed by atoms with E-state index in [0.29, 0.717) is 0 Å². The highest BCUT2D eigenvalue weighted by Gasteiger charge is 2.22. The van der Waals surface area contributed by atoms with Crippen LogP contribution in [-0.2, 0) is 12.8 Å². The number of methoxy groups -OCH3 is 1. The van der Waals surface area contributed by atoms with Crippen molar-refractivity contribution in [1.82, 2.24) is 4.90 Å². The summed E-state index contributed by atoms with van der Waals surface area (Å²) in [5.74, 6) is 1.00. The summed E-state index contributed by atoms with van der Waals surface area (Å²) in [6.07, 6.45) is 2.80. The maximum atomic E-state index is 13.1. The first kappa shape index (κ1) is 18.3. The normalized spacial score (nSPS) is 13.8. The molecule has 1 heterocycles. The molecule has 0 N–H and O–H groups in total. The van der Waals surface area contributed by atoms with Crippen molar-refractivity contribution in [2.75, 3.05) is 20.2 Å². The Morgan fingerprint density at radius 1 is 0.929 bits per heavy atom. The number of benzene rings is 3. The van der Waals surface area contributed by atoms with Crippen LogP contribution in [0.15, 0.2) is 72.8 Å². The summed E-state index contributed by atoms with van der Waals surface area (Å²) in [6.45, 7) is 1.57. The molecule has 28 heavy (non-hydrogen) atoms. The summed E-state index contributed by atoms with van der Waals surface area (Å²) >= 11 is 0. The molecule has 0 saturated carbocycles. The Bertz CT molecular complexity index is 965. The molecule has 1 aliphatic heterocycles. The molecule has 0 aromatic heterocycles. The Balaban J connectivity index is 1.57. The molecule has 0 bridgehead atoms. The number of hydrogen-bond acceptors (Lipinski definition) is 2. The summed E-state index contributed by atoms with van der Waals surface area (Å²) in [6, 6.07) is 24.6. The predicted octanol–water partition coefficient (Wildman–Crippen LogP) is 4.99. The van der Waals surface area contributed by atoms with Gasteiger partial charge in [-0.25, -0.2) is 0 Å². The lowest BCUT2D eigenvalue weighted by Gasteiger charge is -2.21. The van der Waals surface area contributed by atoms with Gasteiger partial charge in [0.25, 0.3) is 5.91 Å². The van der Waals surface area contributed by atoms with E-state index in [0.717, 1.165) is 60.4 Å². The lowest BCUT2D eigenvalue weighted by molar-refractivity contribution is 0.0763. The Hall–Kier alpha value is -3.07. The zero-order valence-corrected chi connectivity index (χ0v) is 16.2. The topological polar surface area (TPSA) is 29.5 Å². The third-order valence-electron chi connectivity index (χ3n) is 5.43. The van der Waals surface area contributed by atoms with Gasteiger partial charge in [-0.2, -0.15) is 0 Å². The number of carbonyl (C=O) groups is 1. The van der Waals surface area contributed by atoms with E-state index in [1.165, 1.54) is 5.56 Å². The quantitative estimate of drug-likeness (QED) is 0.632. The average Bonchev–Trinajstić information content (AvgIpc) is 2.91. The van der Waals surface area contributed by atoms with E-state index in [2.05, 4.69) is 24.3 Å². The monoisotopic (exact) mass is 371 g/mol. The van der Waals surface area contributed by atoms with Crippen molar-refractivity contribution in [2.24, 2.45) is 0 Å². The smallest absolute Gasteiger partial charge is 0.254 e. The minimum absolute atomic E-state index is 0.148. The van der Waals surface area contributed by atoms with E-state index in [1.54, 1.807) is 7.11 Å². The van der Waals surface area contributed by atoms with Crippen LogP contribution in [-0.4, -0.2) is 31.0 Å². The predicted molar refractivity (Wildman–Crippen MR) is 113 cm³/mol. The van der Waals surface area contributed by atoms with Crippen LogP contribution >= 0.6 is 0 Å². The lowest BCUT2D eigenvalue weighted by Crippen LogP contribution is -2.32. The molecule has 0 aliphatic carbocycles. The number of ether oxygens (including phenoxy) is 1. The fourth-order valence-corrected chi connectivity index (χ4v) is 3.91. The molecule has 0 atom stereocenters. The number of fused-ring (bicyclic) bond motifs is 1. The molecule has 0 spiro atoms. The summed E-state index contributed by atoms with van der Waals surface area (Å²) in [5.41, 5.74) is 5.40. The molecule has 3 heteroatoms. The molecule has 0 radical (unpaired) electrons. The molecule has 0 saturated heterocycles. The molecule has 4 rings (SSSR count). The Morgan fingerprint density at radius 2 is 1.71 bits per heavy atom. The Kier molecular flexibility index (Phi) is 5.43. The molecule has 1 aliphatic rings. The lowest BCUT2D eigenvalue weighted by atomic mass is 9.96. The standard InChI is InChI=1S/C25H25NO2/c1-28-24-12-6-5-11-22(24)21-13-14-23-20(18-21)10-7-16-26(25(23)27)17-15-19-8-3-2-4-9-19/h2-6,8-9,11-14,18H,7,10,15-17H2,1H3. The van der Waals surface area contributed by atoms with Crippen molar-refractivity contribution in [3.05, 3.63) is 89.5 Å². The van der Waals surface area contributed by atoms with Gasteiger partial charge in [-0.15, -0.1) is 0 Å². The van der Waals surface area contributed by atoms with Crippen molar-refractivity contribution in [1.29, 1.82) is 0 Å². The van der Waals surface area contributed by atoms with Crippen molar-refractivity contribution < 1.29 is 9.53 Å². The summed E-state index contributed by atoms with van der Waals surface area (Å²) in [7, 11) is 1.69. The van der Waals surface area contributed by atoms with Crippen molar-refractivity contribution >= 4 is 5.91 Å². The number of nitrogens with zero attached hydrogens (tertiary/aromatic N) is 1. The molecule has 142 valence electrons. The van der Waals surface area contributed by atoms with Crippen molar-refractivity contribution in [3.8, 4) is 16.9 Å². The second-order valence-electron chi connectivity index (χ2n) is 7.20. The van der Waals surface area contributed by atoms with Gasteiger partial charge in [0, 0.05) is 24.2 Å². The fraction of sp³-hybridized carbons (Fsp3) is 0.240. The molecule has 0 unspecified atom stereocenters. The van der Waals surface area contributed by atoms with Crippen molar-refractivity contribution in [3.63, 3.8) is 0 Å². The number of para-hydroxylation sites is 1. The van der Waals surface area contributed by atoms with Crippen LogP contribution in [0.2, 0.25) is 0 Å². The van der Waals surface area contributed by atoms with Crippen LogP contribution in [0.25, 0.3) is 11.1 Å². The van der Waals surface area contributed by atoms with Gasteiger partial charge in [0.1, 0.15) is 5.75 Å². The zero-order valence-electron chi connectivity index (χ0n) is 16.2. The first-order valence-corrected chi connectivity index (χ1v) is 9.86. The van der Waals surface area contributed by atoms with E-state index in [1.807, 2.05) is 53.4 Å². The summed E-state index contributed by atoms with van der Waals surface area (Å²) in [5, 5.41) is 0. The van der Waals surface area contributed by atoms with Gasteiger partial charge in [0.2, 0.25) is 0 Å². The van der Waals surface area contributed by atoms with E-state index in [9.17, 15) is 4.79 Å². The second kappa shape index (κ2) is 8.30. The van der Waals surface area contributed by atoms with E-state index in [-0.39, 0.29) is 5.91 Å². The highest BCUT2D eigenvalue weighted by molar-refractivity contribution is 5.97. The molecule has 3 aromatic rings. The van der Waals surface area contributed by atoms with Gasteiger partial charge in [-0.1, -0.05) is 60.7 Å². The fourth-order valence-electron chi connectivity index (χ4n) is 3.91. The number of rotatable bonds is 5. The van der Waals surface area contributed by atoms with Crippen LogP contribution in [0.5, 0.6) is 5.75 Å². The SMILES string of the molecule is COc1ccccc1-c1ccc2c(c1)CCCN(CCc1ccccc1)C2=O. The maximum absolute atomic E-state index is 13.1. The highest BCUT2D eigenvalue weighted by Crippen LogP contribution is 2.32. The van der Waals surface area contributed by atoms with Gasteiger partial charge in [0.15, 0.2) is 0 Å². The van der Waals surface area contributed by atoms with Crippen LogP contribution in [0.3, 0.4) is 0 Å². The molecular weight excluding hydrogens is 346 g/mol. The van der Waals surface area contributed by atoms with E-state index in [4.69, 9.17) is 4.74 Å². The highest BCUT2D eigenvalue weighted by atomic mass is 16.5. The summed E-state index contributed by atoms with van der Waals surface area (Å²) in [4.78, 5) is 15.1. The first-order chi connectivity index (χ1) is 13.8. The summed E-state index contributed by atoms with van der Waals surface area (Å²) < 4.78 is 5.51. The first-order valence-electron chi connectivity index (χ1n) is 9.86. The van der Waals surface area contributed by atoms with Crippen LogP contribution in [0.4, 0.5) is 0 Å². The third-order valence-corrected chi connectivity index (χ3v) is 5.43. The minimum Gasteiger partial charge on any atom is -0.496 e. The molecule has 3 nitrogen and oxygen atoms in total. The zero-order chi connectivity index (χ0) is 19.3. The number of hydrogen-bond donors (Lipinski definition) is 0. The van der Waals surface area contributed by atoms with Gasteiger partial charge < -0.3 is 9.64 Å². The average molecular weight is 371 g/mol. The van der Waals surface area contributed by atoms with Crippen molar-refractivity contribution in [2.45, 2.75) is 19.3 Å². The van der Waals surface area contributed by atoms with Crippen LogP contribution in [0, 0.1) is 0 Å². The van der Waals surface area contributed by atoms with Gasteiger partial charge in [0.05, 0.1) is 7.11 Å². The maximum Gasteiger partial charge on any atom is 0.254 e. The van der Waals surface area contributed by atoms with E-state index < -0.39 is 0 Å². The molecular formula is C25H25NO2. The minimum atomic E-state index is 0.148. The largest absolute Gasteiger partial charge is 0.496 e. The number of aryl methyl sites for hydroxylation is 1. The van der Waals surface area contributed by atoms with Gasteiger partial charge in [-0.3, -0.25) is 4.79 Å². The third kappa shape index (κ3) is 3.79. The van der Waals surface area contributed by atoms with Crippen LogP contribution < -0.4 is 4.74 Å². The number of carbonyl (C=O) groups excluding carboxylic acids is 1. The molecule has 0 fully saturated rings. The van der Waals surface area contributed by atoms with Gasteiger partial charge >= 0.3 is 0 Å². The second-order valence-corrected chi connectivity index (χ2v) is 7.20. The molecule has 3 aromatic carbocycles. The van der Waals surface area contributed by atoms with Crippen LogP contribution in [0.1, 0.15) is 27.9 Å². The number of amides is 1. The van der Waals surface area contributed by atoms with E-state index >= 15 is 0 Å². The Labute approximate surface area is 166 Å². The van der Waals surface area contributed by atoms with Gasteiger partial charge in [-0.05, 0) is 48.1 Å². The molecule has 1 amide bonds. The Morgan fingerprint density at radius 3 is 2.54 bits per heavy atom.